The van der Waals surface area contributed by atoms with Gasteiger partial charge in [-0.3, -0.25) is 4.79 Å². The van der Waals surface area contributed by atoms with Gasteiger partial charge in [0.25, 0.3) is 0 Å². The molecule has 0 saturated heterocycles. The summed E-state index contributed by atoms with van der Waals surface area (Å²) in [6, 6.07) is 5.29. The number of ether oxygens (including phenoxy) is 2. The van der Waals surface area contributed by atoms with Crippen molar-refractivity contribution in [2.75, 3.05) is 14.2 Å². The normalized spacial score (nSPS) is 10.1. The lowest BCUT2D eigenvalue weighted by atomic mass is 10.0. The zero-order chi connectivity index (χ0) is 12.7. The van der Waals surface area contributed by atoms with Gasteiger partial charge in [0.05, 0.1) is 14.2 Å². The van der Waals surface area contributed by atoms with E-state index in [1.807, 2.05) is 0 Å². The Morgan fingerprint density at radius 2 is 1.65 bits per heavy atom. The molecule has 0 spiro atoms. The molecule has 1 aromatic rings. The number of benzene rings is 1. The van der Waals surface area contributed by atoms with Crippen molar-refractivity contribution < 1.29 is 14.3 Å². The molecule has 0 aromatic heterocycles. The van der Waals surface area contributed by atoms with Crippen molar-refractivity contribution >= 4 is 5.78 Å². The van der Waals surface area contributed by atoms with Crippen LogP contribution in [0.3, 0.4) is 0 Å². The smallest absolute Gasteiger partial charge is 0.163 e. The van der Waals surface area contributed by atoms with Gasteiger partial charge < -0.3 is 9.47 Å². The van der Waals surface area contributed by atoms with Crippen molar-refractivity contribution in [2.45, 2.75) is 32.6 Å². The predicted molar refractivity (Wildman–Crippen MR) is 68.0 cm³/mol. The molecule has 0 heterocycles. The molecular formula is C14H20O3. The van der Waals surface area contributed by atoms with Crippen molar-refractivity contribution in [3.63, 3.8) is 0 Å². The van der Waals surface area contributed by atoms with Crippen LogP contribution in [0.1, 0.15) is 43.0 Å². The van der Waals surface area contributed by atoms with Crippen LogP contribution in [0.4, 0.5) is 0 Å². The Balaban J connectivity index is 2.77. The van der Waals surface area contributed by atoms with E-state index in [9.17, 15) is 4.79 Å². The number of Topliss-reactive ketones (excluding diaryl/α,β-unsaturated/α-hetero) is 1. The Kier molecular flexibility index (Phi) is 5.53. The third-order valence-electron chi connectivity index (χ3n) is 2.68. The van der Waals surface area contributed by atoms with E-state index in [2.05, 4.69) is 6.92 Å². The van der Waals surface area contributed by atoms with E-state index in [0.717, 1.165) is 19.3 Å². The van der Waals surface area contributed by atoms with Crippen LogP contribution < -0.4 is 9.47 Å². The summed E-state index contributed by atoms with van der Waals surface area (Å²) in [6.07, 6.45) is 3.74. The minimum atomic E-state index is 0.149. The Hall–Kier alpha value is -1.51. The summed E-state index contributed by atoms with van der Waals surface area (Å²) in [4.78, 5) is 11.9. The van der Waals surface area contributed by atoms with Crippen LogP contribution in [0.25, 0.3) is 0 Å². The highest BCUT2D eigenvalue weighted by Crippen LogP contribution is 2.23. The Bertz CT molecular complexity index is 349. The first-order valence-corrected chi connectivity index (χ1v) is 5.97. The molecule has 3 heteroatoms. The summed E-state index contributed by atoms with van der Waals surface area (Å²) >= 11 is 0. The minimum Gasteiger partial charge on any atom is -0.497 e. The first-order chi connectivity index (χ1) is 8.21. The molecule has 0 amide bonds. The Morgan fingerprint density at radius 3 is 2.12 bits per heavy atom. The van der Waals surface area contributed by atoms with Gasteiger partial charge in [0.2, 0.25) is 0 Å². The van der Waals surface area contributed by atoms with Crippen molar-refractivity contribution in [1.29, 1.82) is 0 Å². The van der Waals surface area contributed by atoms with Gasteiger partial charge in [-0.05, 0) is 18.6 Å². The highest BCUT2D eigenvalue weighted by atomic mass is 16.5. The summed E-state index contributed by atoms with van der Waals surface area (Å²) < 4.78 is 10.3. The van der Waals surface area contributed by atoms with Gasteiger partial charge in [-0.2, -0.15) is 0 Å². The van der Waals surface area contributed by atoms with Gasteiger partial charge in [0.1, 0.15) is 11.5 Å². The molecule has 94 valence electrons. The summed E-state index contributed by atoms with van der Waals surface area (Å²) in [7, 11) is 3.17. The lowest BCUT2D eigenvalue weighted by molar-refractivity contribution is 0.0978. The molecule has 0 radical (unpaired) electrons. The van der Waals surface area contributed by atoms with Gasteiger partial charge in [0, 0.05) is 18.1 Å². The molecule has 0 aliphatic rings. The van der Waals surface area contributed by atoms with E-state index >= 15 is 0 Å². The molecular weight excluding hydrogens is 216 g/mol. The average Bonchev–Trinajstić information content (AvgIpc) is 2.38. The Morgan fingerprint density at radius 1 is 1.06 bits per heavy atom. The monoisotopic (exact) mass is 236 g/mol. The minimum absolute atomic E-state index is 0.149. The van der Waals surface area contributed by atoms with Crippen LogP contribution in [0.5, 0.6) is 11.5 Å². The largest absolute Gasteiger partial charge is 0.497 e. The van der Waals surface area contributed by atoms with Crippen LogP contribution in [0.2, 0.25) is 0 Å². The van der Waals surface area contributed by atoms with Crippen molar-refractivity contribution in [2.24, 2.45) is 0 Å². The van der Waals surface area contributed by atoms with Crippen LogP contribution in [-0.4, -0.2) is 20.0 Å². The molecule has 0 unspecified atom stereocenters. The third kappa shape index (κ3) is 4.10. The van der Waals surface area contributed by atoms with Crippen LogP contribution in [0, 0.1) is 0 Å². The van der Waals surface area contributed by atoms with Crippen LogP contribution >= 0.6 is 0 Å². The maximum Gasteiger partial charge on any atom is 0.163 e. The van der Waals surface area contributed by atoms with Gasteiger partial charge in [-0.1, -0.05) is 19.8 Å². The first-order valence-electron chi connectivity index (χ1n) is 5.97. The zero-order valence-electron chi connectivity index (χ0n) is 10.8. The number of unbranched alkanes of at least 4 members (excludes halogenated alkanes) is 2. The molecule has 0 bridgehead atoms. The zero-order valence-corrected chi connectivity index (χ0v) is 10.8. The average molecular weight is 236 g/mol. The van der Waals surface area contributed by atoms with Crippen molar-refractivity contribution in [1.82, 2.24) is 0 Å². The molecule has 0 atom stereocenters. The number of carbonyl (C=O) groups excluding carboxylic acids is 1. The van der Waals surface area contributed by atoms with E-state index < -0.39 is 0 Å². The molecule has 1 aromatic carbocycles. The van der Waals surface area contributed by atoms with Crippen LogP contribution in [-0.2, 0) is 0 Å². The number of methoxy groups -OCH3 is 2. The summed E-state index contributed by atoms with van der Waals surface area (Å²) in [5.41, 5.74) is 0.664. The van der Waals surface area contributed by atoms with Gasteiger partial charge in [-0.15, -0.1) is 0 Å². The molecule has 3 nitrogen and oxygen atoms in total. The number of rotatable bonds is 7. The Labute approximate surface area is 103 Å². The van der Waals surface area contributed by atoms with E-state index in [0.29, 0.717) is 23.5 Å². The third-order valence-corrected chi connectivity index (χ3v) is 2.68. The lowest BCUT2D eigenvalue weighted by Gasteiger charge is -2.07. The van der Waals surface area contributed by atoms with Gasteiger partial charge >= 0.3 is 0 Å². The fraction of sp³-hybridized carbons (Fsp3) is 0.500. The van der Waals surface area contributed by atoms with E-state index in [4.69, 9.17) is 9.47 Å². The number of hydrogen-bond acceptors (Lipinski definition) is 3. The molecule has 0 fully saturated rings. The standard InChI is InChI=1S/C14H20O3/c1-4-5-6-7-14(15)11-8-12(16-2)10-13(9-11)17-3/h8-10H,4-7H2,1-3H3. The fourth-order valence-corrected chi connectivity index (χ4v) is 1.65. The maximum atomic E-state index is 11.9. The van der Waals surface area contributed by atoms with Crippen molar-refractivity contribution in [3.05, 3.63) is 23.8 Å². The maximum absolute atomic E-state index is 11.9. The SMILES string of the molecule is CCCCCC(=O)c1cc(OC)cc(OC)c1. The van der Waals surface area contributed by atoms with Crippen molar-refractivity contribution in [3.8, 4) is 11.5 Å². The molecule has 0 aliphatic heterocycles. The number of ketones is 1. The number of hydrogen-bond donors (Lipinski definition) is 0. The molecule has 0 saturated carbocycles. The molecule has 0 N–H and O–H groups in total. The molecule has 17 heavy (non-hydrogen) atoms. The fourth-order valence-electron chi connectivity index (χ4n) is 1.65. The summed E-state index contributed by atoms with van der Waals surface area (Å²) in [6.45, 7) is 2.12. The van der Waals surface area contributed by atoms with Gasteiger partial charge in [0.15, 0.2) is 5.78 Å². The predicted octanol–water partition coefficient (Wildman–Crippen LogP) is 3.47. The lowest BCUT2D eigenvalue weighted by Crippen LogP contribution is -2.00. The van der Waals surface area contributed by atoms with E-state index in [1.165, 1.54) is 0 Å². The topological polar surface area (TPSA) is 35.5 Å². The summed E-state index contributed by atoms with van der Waals surface area (Å²) in [5, 5.41) is 0. The highest BCUT2D eigenvalue weighted by Gasteiger charge is 2.09. The molecule has 0 aliphatic carbocycles. The second-order valence-electron chi connectivity index (χ2n) is 3.98. The first kappa shape index (κ1) is 13.6. The number of carbonyl (C=O) groups is 1. The molecule has 1 rings (SSSR count). The highest BCUT2D eigenvalue weighted by molar-refractivity contribution is 5.96. The van der Waals surface area contributed by atoms with E-state index in [1.54, 1.807) is 32.4 Å². The second-order valence-corrected chi connectivity index (χ2v) is 3.98. The van der Waals surface area contributed by atoms with E-state index in [-0.39, 0.29) is 5.78 Å². The summed E-state index contributed by atoms with van der Waals surface area (Å²) in [5.74, 6) is 1.46. The van der Waals surface area contributed by atoms with Gasteiger partial charge in [-0.25, -0.2) is 0 Å². The quantitative estimate of drug-likeness (QED) is 0.537. The second kappa shape index (κ2) is 6.94. The van der Waals surface area contributed by atoms with Crippen LogP contribution in [0.15, 0.2) is 18.2 Å².